The molecule has 2 amide bonds. The topological polar surface area (TPSA) is 89.8 Å². The van der Waals surface area contributed by atoms with Crippen LogP contribution in [0, 0.1) is 0 Å². The number of piperazine rings is 1. The van der Waals surface area contributed by atoms with Gasteiger partial charge in [0.2, 0.25) is 5.95 Å². The molecule has 1 fully saturated rings. The van der Waals surface area contributed by atoms with E-state index in [4.69, 9.17) is 0 Å². The number of aromatic nitrogens is 3. The number of anilines is 2. The van der Waals surface area contributed by atoms with E-state index in [0.29, 0.717) is 12.4 Å². The zero-order valence-electron chi connectivity index (χ0n) is 14.8. The maximum atomic E-state index is 12.6. The summed E-state index contributed by atoms with van der Waals surface area (Å²) in [5.74, 6) is 1.47. The summed E-state index contributed by atoms with van der Waals surface area (Å²) in [5.41, 5.74) is 1.49. The number of pyridine rings is 1. The van der Waals surface area contributed by atoms with E-state index in [0.717, 1.165) is 50.1 Å². The van der Waals surface area contributed by atoms with E-state index >= 15 is 0 Å². The quantitative estimate of drug-likeness (QED) is 0.861. The van der Waals surface area contributed by atoms with E-state index in [2.05, 4.69) is 35.1 Å². The number of hydrogen-bond acceptors (Lipinski definition) is 7. The minimum Gasteiger partial charge on any atom is -0.338 e. The van der Waals surface area contributed by atoms with Crippen molar-refractivity contribution in [3.05, 3.63) is 42.5 Å². The fraction of sp³-hybridized carbons (Fsp3) is 0.389. The van der Waals surface area contributed by atoms with Crippen LogP contribution < -0.4 is 10.2 Å². The van der Waals surface area contributed by atoms with Crippen molar-refractivity contribution in [2.45, 2.75) is 6.04 Å². The van der Waals surface area contributed by atoms with Gasteiger partial charge in [-0.05, 0) is 18.2 Å². The third-order valence-corrected chi connectivity index (χ3v) is 5.20. The number of nitrogens with one attached hydrogen (secondary N) is 1. The highest BCUT2D eigenvalue weighted by Gasteiger charge is 2.40. The number of carbonyl (C=O) groups excluding carboxylic acids is 1. The van der Waals surface area contributed by atoms with Crippen LogP contribution in [0.4, 0.5) is 16.4 Å². The summed E-state index contributed by atoms with van der Waals surface area (Å²) >= 11 is 0. The van der Waals surface area contributed by atoms with E-state index < -0.39 is 0 Å². The van der Waals surface area contributed by atoms with Crippen LogP contribution in [0.2, 0.25) is 0 Å². The van der Waals surface area contributed by atoms with Gasteiger partial charge in [0.05, 0.1) is 18.3 Å². The Bertz CT molecular complexity index is 878. The lowest BCUT2D eigenvalue weighted by molar-refractivity contribution is 0.191. The summed E-state index contributed by atoms with van der Waals surface area (Å²) in [6.45, 7) is 4.98. The van der Waals surface area contributed by atoms with Crippen molar-refractivity contribution in [1.82, 2.24) is 24.8 Å². The van der Waals surface area contributed by atoms with Crippen molar-refractivity contribution in [2.24, 2.45) is 4.99 Å². The molecule has 3 aliphatic rings. The minimum atomic E-state index is -0.118. The summed E-state index contributed by atoms with van der Waals surface area (Å²) in [6.07, 6.45) is 5.27. The van der Waals surface area contributed by atoms with E-state index in [-0.39, 0.29) is 12.1 Å². The van der Waals surface area contributed by atoms with Gasteiger partial charge in [0.25, 0.3) is 0 Å². The number of fused-ring (bicyclic) bond motifs is 3. The number of hydrogen-bond donors (Lipinski definition) is 1. The van der Waals surface area contributed by atoms with Crippen LogP contribution >= 0.6 is 0 Å². The highest BCUT2D eigenvalue weighted by molar-refractivity contribution is 6.18. The molecular weight excluding hydrogens is 344 g/mol. The van der Waals surface area contributed by atoms with Gasteiger partial charge in [-0.15, -0.1) is 0 Å². The number of carbonyl (C=O) groups is 1. The Morgan fingerprint density at radius 3 is 2.63 bits per heavy atom. The van der Waals surface area contributed by atoms with Crippen molar-refractivity contribution in [1.29, 1.82) is 0 Å². The van der Waals surface area contributed by atoms with Crippen LogP contribution in [-0.4, -0.2) is 81.9 Å². The standard InChI is InChI=1S/C18H20N8O/c27-18-23-14-3-1-4-19-15(14)16-22-11-13(26(16)18)12-24-7-9-25(10-8-24)17-20-5-2-6-21-17/h1-6,13H,7-12H2,(H,23,27). The monoisotopic (exact) mass is 364 g/mol. The highest BCUT2D eigenvalue weighted by Crippen LogP contribution is 2.27. The molecule has 2 aromatic rings. The molecular formula is C18H20N8O. The molecule has 0 aliphatic carbocycles. The zero-order valence-corrected chi connectivity index (χ0v) is 14.8. The van der Waals surface area contributed by atoms with Gasteiger partial charge in [-0.25, -0.2) is 14.8 Å². The molecule has 27 heavy (non-hydrogen) atoms. The van der Waals surface area contributed by atoms with E-state index in [9.17, 15) is 4.79 Å². The summed E-state index contributed by atoms with van der Waals surface area (Å²) in [6, 6.07) is 5.42. The zero-order chi connectivity index (χ0) is 18.2. The summed E-state index contributed by atoms with van der Waals surface area (Å²) in [4.78, 5) is 36.6. The van der Waals surface area contributed by atoms with Crippen LogP contribution in [0.25, 0.3) is 0 Å². The first-order chi connectivity index (χ1) is 13.3. The molecule has 0 radical (unpaired) electrons. The fourth-order valence-electron chi connectivity index (χ4n) is 3.86. The van der Waals surface area contributed by atoms with E-state index in [1.165, 1.54) is 0 Å². The van der Waals surface area contributed by atoms with E-state index in [1.807, 2.05) is 18.2 Å². The van der Waals surface area contributed by atoms with Gasteiger partial charge in [-0.1, -0.05) is 0 Å². The van der Waals surface area contributed by atoms with Crippen molar-refractivity contribution < 1.29 is 4.79 Å². The van der Waals surface area contributed by atoms with Crippen molar-refractivity contribution in [3.63, 3.8) is 0 Å². The minimum absolute atomic E-state index is 0.0367. The Morgan fingerprint density at radius 2 is 1.81 bits per heavy atom. The van der Waals surface area contributed by atoms with Gasteiger partial charge < -0.3 is 10.2 Å². The van der Waals surface area contributed by atoms with Crippen LogP contribution in [0.15, 0.2) is 41.8 Å². The smallest absolute Gasteiger partial charge is 0.327 e. The molecule has 9 nitrogen and oxygen atoms in total. The molecule has 5 rings (SSSR count). The molecule has 5 heterocycles. The van der Waals surface area contributed by atoms with Crippen molar-refractivity contribution in [2.75, 3.05) is 49.5 Å². The molecule has 2 aromatic heterocycles. The molecule has 1 N–H and O–H groups in total. The van der Waals surface area contributed by atoms with Crippen LogP contribution in [0.3, 0.4) is 0 Å². The third kappa shape index (κ3) is 2.89. The van der Waals surface area contributed by atoms with Gasteiger partial charge >= 0.3 is 6.03 Å². The highest BCUT2D eigenvalue weighted by atomic mass is 16.2. The first-order valence-corrected chi connectivity index (χ1v) is 9.14. The third-order valence-electron chi connectivity index (χ3n) is 5.20. The second-order valence-electron chi connectivity index (χ2n) is 6.85. The molecule has 0 saturated carbocycles. The lowest BCUT2D eigenvalue weighted by Gasteiger charge is -2.38. The normalized spacial score (nSPS) is 22.1. The second kappa shape index (κ2) is 6.58. The number of urea groups is 1. The summed E-state index contributed by atoms with van der Waals surface area (Å²) < 4.78 is 0. The van der Waals surface area contributed by atoms with E-state index in [1.54, 1.807) is 23.5 Å². The summed E-state index contributed by atoms with van der Waals surface area (Å²) in [7, 11) is 0. The Hall–Kier alpha value is -3.07. The number of nitrogens with zero attached hydrogens (tertiary/aromatic N) is 7. The maximum absolute atomic E-state index is 12.6. The molecule has 1 unspecified atom stereocenters. The largest absolute Gasteiger partial charge is 0.338 e. The van der Waals surface area contributed by atoms with Gasteiger partial charge in [-0.3, -0.25) is 19.8 Å². The van der Waals surface area contributed by atoms with Gasteiger partial charge in [0.1, 0.15) is 5.69 Å². The second-order valence-corrected chi connectivity index (χ2v) is 6.85. The number of amidine groups is 1. The van der Waals surface area contributed by atoms with Gasteiger partial charge in [0, 0.05) is 51.3 Å². The Kier molecular flexibility index (Phi) is 3.93. The Morgan fingerprint density at radius 1 is 1.04 bits per heavy atom. The fourth-order valence-corrected chi connectivity index (χ4v) is 3.86. The molecule has 3 aliphatic heterocycles. The first kappa shape index (κ1) is 16.1. The predicted octanol–water partition coefficient (Wildman–Crippen LogP) is 0.670. The molecule has 138 valence electrons. The molecule has 9 heteroatoms. The van der Waals surface area contributed by atoms with Gasteiger partial charge in [-0.2, -0.15) is 0 Å². The molecule has 0 spiro atoms. The maximum Gasteiger partial charge on any atom is 0.327 e. The lowest BCUT2D eigenvalue weighted by Crippen LogP contribution is -2.55. The first-order valence-electron chi connectivity index (χ1n) is 9.14. The number of amides is 2. The lowest BCUT2D eigenvalue weighted by atomic mass is 10.1. The average Bonchev–Trinajstić information content (AvgIpc) is 3.14. The van der Waals surface area contributed by atoms with Crippen LogP contribution in [0.5, 0.6) is 0 Å². The van der Waals surface area contributed by atoms with Gasteiger partial charge in [0.15, 0.2) is 5.84 Å². The molecule has 0 aromatic carbocycles. The van der Waals surface area contributed by atoms with Crippen LogP contribution in [0.1, 0.15) is 5.69 Å². The predicted molar refractivity (Wildman–Crippen MR) is 101 cm³/mol. The molecule has 0 bridgehead atoms. The van der Waals surface area contributed by atoms with Crippen LogP contribution in [-0.2, 0) is 0 Å². The average molecular weight is 364 g/mol. The number of aliphatic imine (C=N–C) groups is 1. The Balaban J connectivity index is 1.24. The number of rotatable bonds is 3. The Labute approximate surface area is 156 Å². The summed E-state index contributed by atoms with van der Waals surface area (Å²) in [5, 5.41) is 2.93. The molecule has 1 atom stereocenters. The van der Waals surface area contributed by atoms with Crippen molar-refractivity contribution in [3.8, 4) is 0 Å². The molecule has 1 saturated heterocycles. The van der Waals surface area contributed by atoms with Crippen molar-refractivity contribution >= 4 is 23.5 Å². The SMILES string of the molecule is O=C1Nc2cccnc2C2=NCC(CN3CCN(c4ncccn4)CC3)N12.